The summed E-state index contributed by atoms with van der Waals surface area (Å²) in [6.45, 7) is 0.571. The average molecular weight is 314 g/mol. The molecule has 4 nitrogen and oxygen atoms in total. The molecule has 0 amide bonds. The highest BCUT2D eigenvalue weighted by Gasteiger charge is 2.06. The van der Waals surface area contributed by atoms with Gasteiger partial charge in [0.05, 0.1) is 19.2 Å². The van der Waals surface area contributed by atoms with Crippen molar-refractivity contribution in [1.82, 2.24) is 0 Å². The molecule has 0 atom stereocenters. The van der Waals surface area contributed by atoms with Crippen LogP contribution in [0, 0.1) is 0 Å². The maximum absolute atomic E-state index is 11.5. The Morgan fingerprint density at radius 1 is 1.14 bits per heavy atom. The molecule has 0 spiro atoms. The number of aliphatic imine (C=N–C) groups is 1. The number of benzene rings is 2. The van der Waals surface area contributed by atoms with Gasteiger partial charge >= 0.3 is 5.97 Å². The number of carbonyl (C=O) groups is 1. The van der Waals surface area contributed by atoms with Crippen LogP contribution < -0.4 is 5.73 Å². The highest BCUT2D eigenvalue weighted by Crippen LogP contribution is 2.15. The zero-order valence-corrected chi connectivity index (χ0v) is 13.2. The molecule has 2 N–H and O–H groups in total. The van der Waals surface area contributed by atoms with Crippen LogP contribution in [0.5, 0.6) is 0 Å². The Balaban J connectivity index is 1.90. The molecule has 0 saturated heterocycles. The summed E-state index contributed by atoms with van der Waals surface area (Å²) in [5.41, 5.74) is 8.59. The normalized spacial score (nSPS) is 11.2. The van der Waals surface area contributed by atoms with Crippen LogP contribution in [0.4, 0.5) is 0 Å². The summed E-state index contributed by atoms with van der Waals surface area (Å²) in [7, 11) is 1.37. The number of esters is 1. The van der Waals surface area contributed by atoms with Crippen LogP contribution in [0.15, 0.2) is 59.6 Å². The van der Waals surface area contributed by atoms with Gasteiger partial charge in [0.2, 0.25) is 0 Å². The Hall–Kier alpha value is -2.27. The first-order valence-electron chi connectivity index (χ1n) is 6.83. The third-order valence-corrected chi connectivity index (χ3v) is 3.90. The molecule has 0 fully saturated rings. The minimum atomic E-state index is -0.336. The molecule has 0 heterocycles. The van der Waals surface area contributed by atoms with Gasteiger partial charge in [-0.15, -0.1) is 0 Å². The van der Waals surface area contributed by atoms with Crippen molar-refractivity contribution >= 4 is 22.9 Å². The predicted molar refractivity (Wildman–Crippen MR) is 90.8 cm³/mol. The van der Waals surface area contributed by atoms with Crippen molar-refractivity contribution in [2.45, 2.75) is 12.3 Å². The quantitative estimate of drug-likeness (QED) is 0.523. The number of nitrogens with zero attached hydrogens (tertiary/aromatic N) is 1. The lowest BCUT2D eigenvalue weighted by Gasteiger charge is -2.04. The maximum Gasteiger partial charge on any atom is 0.337 e. The molecule has 5 heteroatoms. The lowest BCUT2D eigenvalue weighted by atomic mass is 10.1. The van der Waals surface area contributed by atoms with Gasteiger partial charge in [-0.1, -0.05) is 54.2 Å². The molecule has 114 valence electrons. The largest absolute Gasteiger partial charge is 0.465 e. The van der Waals surface area contributed by atoms with Crippen LogP contribution in [0.2, 0.25) is 0 Å². The SMILES string of the molecule is COC(=O)c1cccc(CSC(N)=NCc2ccccc2)c1. The summed E-state index contributed by atoms with van der Waals surface area (Å²) in [6, 6.07) is 17.3. The summed E-state index contributed by atoms with van der Waals surface area (Å²) in [5.74, 6) is 0.326. The molecular weight excluding hydrogens is 296 g/mol. The topological polar surface area (TPSA) is 64.7 Å². The van der Waals surface area contributed by atoms with Crippen molar-refractivity contribution in [3.8, 4) is 0 Å². The molecule has 0 aromatic heterocycles. The first-order chi connectivity index (χ1) is 10.7. The van der Waals surface area contributed by atoms with Crippen LogP contribution in [0.25, 0.3) is 0 Å². The maximum atomic E-state index is 11.5. The van der Waals surface area contributed by atoms with E-state index in [4.69, 9.17) is 10.5 Å². The van der Waals surface area contributed by atoms with E-state index in [1.54, 1.807) is 6.07 Å². The van der Waals surface area contributed by atoms with Crippen LogP contribution in [-0.4, -0.2) is 18.2 Å². The van der Waals surface area contributed by atoms with Crippen molar-refractivity contribution in [2.24, 2.45) is 10.7 Å². The van der Waals surface area contributed by atoms with Crippen molar-refractivity contribution in [2.75, 3.05) is 7.11 Å². The predicted octanol–water partition coefficient (Wildman–Crippen LogP) is 3.22. The zero-order valence-electron chi connectivity index (χ0n) is 12.4. The third-order valence-electron chi connectivity index (χ3n) is 3.00. The number of nitrogens with two attached hydrogens (primary N) is 1. The second kappa shape index (κ2) is 8.24. The van der Waals surface area contributed by atoms with Crippen molar-refractivity contribution in [1.29, 1.82) is 0 Å². The molecule has 22 heavy (non-hydrogen) atoms. The molecule has 0 bridgehead atoms. The highest BCUT2D eigenvalue weighted by molar-refractivity contribution is 8.13. The van der Waals surface area contributed by atoms with E-state index >= 15 is 0 Å². The van der Waals surface area contributed by atoms with Gasteiger partial charge in [0.1, 0.15) is 0 Å². The fraction of sp³-hybridized carbons (Fsp3) is 0.176. The number of hydrogen-bond donors (Lipinski definition) is 1. The van der Waals surface area contributed by atoms with Crippen molar-refractivity contribution in [3.05, 3.63) is 71.3 Å². The number of methoxy groups -OCH3 is 1. The van der Waals surface area contributed by atoms with Gasteiger partial charge in [0, 0.05) is 5.75 Å². The molecule has 0 saturated carbocycles. The first-order valence-corrected chi connectivity index (χ1v) is 7.81. The Morgan fingerprint density at radius 2 is 1.86 bits per heavy atom. The lowest BCUT2D eigenvalue weighted by molar-refractivity contribution is 0.0600. The monoisotopic (exact) mass is 314 g/mol. The summed E-state index contributed by atoms with van der Waals surface area (Å²) in [6.07, 6.45) is 0. The van der Waals surface area contributed by atoms with Gasteiger partial charge in [0.15, 0.2) is 5.17 Å². The van der Waals surface area contributed by atoms with Gasteiger partial charge in [-0.2, -0.15) is 0 Å². The molecular formula is C17H18N2O2S. The fourth-order valence-corrected chi connectivity index (χ4v) is 2.51. The van der Waals surface area contributed by atoms with Crippen molar-refractivity contribution < 1.29 is 9.53 Å². The highest BCUT2D eigenvalue weighted by atomic mass is 32.2. The van der Waals surface area contributed by atoms with Crippen molar-refractivity contribution in [3.63, 3.8) is 0 Å². The number of rotatable bonds is 5. The van der Waals surface area contributed by atoms with E-state index < -0.39 is 0 Å². The van der Waals surface area contributed by atoms with E-state index in [0.717, 1.165) is 11.1 Å². The standard InChI is InChI=1S/C17H18N2O2S/c1-21-16(20)15-9-5-8-14(10-15)12-22-17(18)19-11-13-6-3-2-4-7-13/h2-10H,11-12H2,1H3,(H2,18,19). The molecule has 0 aliphatic heterocycles. The van der Waals surface area contributed by atoms with Gasteiger partial charge in [0.25, 0.3) is 0 Å². The van der Waals surface area contributed by atoms with Crippen LogP contribution in [0.1, 0.15) is 21.5 Å². The first kappa shape index (κ1) is 16.1. The van der Waals surface area contributed by atoms with E-state index in [1.165, 1.54) is 18.9 Å². The van der Waals surface area contributed by atoms with Gasteiger partial charge in [-0.25, -0.2) is 4.79 Å². The summed E-state index contributed by atoms with van der Waals surface area (Å²) >= 11 is 1.45. The van der Waals surface area contributed by atoms with E-state index in [2.05, 4.69) is 4.99 Å². The summed E-state index contributed by atoms with van der Waals surface area (Å²) in [5, 5.41) is 0.535. The Bertz CT molecular complexity index is 657. The van der Waals surface area contributed by atoms with Gasteiger partial charge < -0.3 is 10.5 Å². The summed E-state index contributed by atoms with van der Waals surface area (Å²) < 4.78 is 4.71. The molecule has 0 aliphatic rings. The molecule has 0 unspecified atom stereocenters. The number of hydrogen-bond acceptors (Lipinski definition) is 4. The van der Waals surface area contributed by atoms with E-state index in [-0.39, 0.29) is 5.97 Å². The number of thioether (sulfide) groups is 1. The molecule has 2 aromatic rings. The minimum absolute atomic E-state index is 0.336. The second-order valence-corrected chi connectivity index (χ2v) is 5.62. The molecule has 0 aliphatic carbocycles. The smallest absolute Gasteiger partial charge is 0.337 e. The van der Waals surface area contributed by atoms with Crippen LogP contribution in [0.3, 0.4) is 0 Å². The zero-order chi connectivity index (χ0) is 15.8. The fourth-order valence-electron chi connectivity index (χ4n) is 1.86. The Morgan fingerprint density at radius 3 is 2.59 bits per heavy atom. The average Bonchev–Trinajstić information content (AvgIpc) is 2.58. The van der Waals surface area contributed by atoms with Gasteiger partial charge in [-0.3, -0.25) is 4.99 Å². The van der Waals surface area contributed by atoms with E-state index in [1.807, 2.05) is 48.5 Å². The molecule has 2 aromatic carbocycles. The number of amidine groups is 1. The minimum Gasteiger partial charge on any atom is -0.465 e. The third kappa shape index (κ3) is 4.93. The molecule has 2 rings (SSSR count). The number of ether oxygens (including phenoxy) is 1. The number of carbonyl (C=O) groups excluding carboxylic acids is 1. The van der Waals surface area contributed by atoms with E-state index in [0.29, 0.717) is 23.0 Å². The lowest BCUT2D eigenvalue weighted by Crippen LogP contribution is -2.07. The summed E-state index contributed by atoms with van der Waals surface area (Å²) in [4.78, 5) is 15.8. The Labute approximate surface area is 134 Å². The van der Waals surface area contributed by atoms with E-state index in [9.17, 15) is 4.79 Å². The molecule has 0 radical (unpaired) electrons. The van der Waals surface area contributed by atoms with Crippen LogP contribution >= 0.6 is 11.8 Å². The second-order valence-electron chi connectivity index (χ2n) is 4.62. The van der Waals surface area contributed by atoms with Crippen LogP contribution in [-0.2, 0) is 17.0 Å². The van der Waals surface area contributed by atoms with Gasteiger partial charge in [-0.05, 0) is 23.3 Å². The Kier molecular flexibility index (Phi) is 6.03.